The van der Waals surface area contributed by atoms with Gasteiger partial charge in [-0.25, -0.2) is 0 Å². The van der Waals surface area contributed by atoms with Crippen LogP contribution in [0.4, 0.5) is 0 Å². The Morgan fingerprint density at radius 2 is 2.00 bits per heavy atom. The summed E-state index contributed by atoms with van der Waals surface area (Å²) in [5, 5.41) is 9.35. The van der Waals surface area contributed by atoms with Gasteiger partial charge in [-0.1, -0.05) is 16.8 Å². The van der Waals surface area contributed by atoms with Gasteiger partial charge in [-0.3, -0.25) is 4.79 Å². The van der Waals surface area contributed by atoms with Gasteiger partial charge in [0.15, 0.2) is 5.58 Å². The zero-order valence-corrected chi connectivity index (χ0v) is 20.1. The number of ether oxygens (including phenoxy) is 1. The first kappa shape index (κ1) is 23.5. The van der Waals surface area contributed by atoms with Crippen molar-refractivity contribution in [1.82, 2.24) is 15.4 Å². The molecule has 6 nitrogen and oxygen atoms in total. The van der Waals surface area contributed by atoms with Crippen LogP contribution in [0.1, 0.15) is 69.9 Å². The number of carbonyl (C=O) groups excluding carboxylic acids is 1. The van der Waals surface area contributed by atoms with Gasteiger partial charge in [-0.05, 0) is 89.6 Å². The number of carbonyl (C=O) groups is 1. The van der Waals surface area contributed by atoms with Crippen LogP contribution >= 0.6 is 11.6 Å². The molecule has 0 bridgehead atoms. The molecule has 0 radical (unpaired) electrons. The molecule has 1 aromatic heterocycles. The Hall–Kier alpha value is -1.63. The van der Waals surface area contributed by atoms with Crippen LogP contribution in [0.25, 0.3) is 11.0 Å². The average Bonchev–Trinajstić information content (AvgIpc) is 3.21. The fraction of sp³-hybridized carbons (Fsp3) is 0.680. The summed E-state index contributed by atoms with van der Waals surface area (Å²) < 4.78 is 10.7. The first-order chi connectivity index (χ1) is 15.5. The summed E-state index contributed by atoms with van der Waals surface area (Å²) in [6.07, 6.45) is 8.58. The van der Waals surface area contributed by atoms with E-state index >= 15 is 0 Å². The molecule has 32 heavy (non-hydrogen) atoms. The van der Waals surface area contributed by atoms with Gasteiger partial charge in [-0.2, -0.15) is 0 Å². The molecule has 1 aliphatic carbocycles. The van der Waals surface area contributed by atoms with Crippen molar-refractivity contribution in [2.75, 3.05) is 26.7 Å². The predicted molar refractivity (Wildman–Crippen MR) is 127 cm³/mol. The summed E-state index contributed by atoms with van der Waals surface area (Å²) in [6, 6.07) is 6.14. The van der Waals surface area contributed by atoms with Crippen LogP contribution in [0.5, 0.6) is 0 Å². The molecule has 1 N–H and O–H groups in total. The lowest BCUT2D eigenvalue weighted by molar-refractivity contribution is -0.124. The Balaban J connectivity index is 1.16. The number of nitrogens with zero attached hydrogens (tertiary/aromatic N) is 2. The van der Waals surface area contributed by atoms with Gasteiger partial charge in [0.2, 0.25) is 5.91 Å². The van der Waals surface area contributed by atoms with E-state index < -0.39 is 0 Å². The molecule has 1 atom stereocenters. The molecular formula is C25H36ClN3O3. The zero-order chi connectivity index (χ0) is 22.5. The predicted octanol–water partition coefficient (Wildman–Crippen LogP) is 5.15. The number of methoxy groups -OCH3 is 1. The fourth-order valence-electron chi connectivity index (χ4n) is 5.25. The summed E-state index contributed by atoms with van der Waals surface area (Å²) in [5.74, 6) is 1.37. The summed E-state index contributed by atoms with van der Waals surface area (Å²) in [7, 11) is 1.65. The van der Waals surface area contributed by atoms with Crippen LogP contribution in [0, 0.1) is 5.92 Å². The van der Waals surface area contributed by atoms with Crippen LogP contribution in [0.3, 0.4) is 0 Å². The summed E-state index contributed by atoms with van der Waals surface area (Å²) >= 11 is 6.07. The number of likely N-dealkylation sites (tertiary alicyclic amines) is 1. The number of amides is 1. The van der Waals surface area contributed by atoms with E-state index in [-0.39, 0.29) is 12.0 Å². The quantitative estimate of drug-likeness (QED) is 0.588. The number of fused-ring (bicyclic) bond motifs is 1. The molecule has 2 aliphatic rings. The van der Waals surface area contributed by atoms with Gasteiger partial charge in [0, 0.05) is 35.5 Å². The van der Waals surface area contributed by atoms with E-state index in [1.165, 1.54) is 25.8 Å². The second kappa shape index (κ2) is 11.0. The van der Waals surface area contributed by atoms with Gasteiger partial charge in [0.25, 0.3) is 0 Å². The van der Waals surface area contributed by atoms with Gasteiger partial charge < -0.3 is 19.5 Å². The van der Waals surface area contributed by atoms with Crippen molar-refractivity contribution in [1.29, 1.82) is 0 Å². The second-order valence-corrected chi connectivity index (χ2v) is 10.1. The van der Waals surface area contributed by atoms with Crippen LogP contribution in [0.15, 0.2) is 22.7 Å². The van der Waals surface area contributed by atoms with Crippen molar-refractivity contribution in [2.45, 2.75) is 76.4 Å². The van der Waals surface area contributed by atoms with E-state index in [4.69, 9.17) is 20.9 Å². The molecule has 1 amide bonds. The maximum absolute atomic E-state index is 12.1. The third-order valence-corrected chi connectivity index (χ3v) is 7.61. The number of benzene rings is 1. The largest absolute Gasteiger partial charge is 0.381 e. The lowest BCUT2D eigenvalue weighted by atomic mass is 9.83. The number of rotatable bonds is 8. The molecule has 0 unspecified atom stereocenters. The van der Waals surface area contributed by atoms with Gasteiger partial charge in [-0.15, -0.1) is 0 Å². The van der Waals surface area contributed by atoms with Crippen LogP contribution in [0.2, 0.25) is 5.02 Å². The SMILES string of the molecule is CO[C@@H](C)CC(=O)NC1CCC(CCN2CCC(c3noc4cc(Cl)ccc34)CC2)CC1. The van der Waals surface area contributed by atoms with Gasteiger partial charge in [0.05, 0.1) is 18.2 Å². The highest BCUT2D eigenvalue weighted by Gasteiger charge is 2.27. The van der Waals surface area contributed by atoms with Crippen molar-refractivity contribution in [3.8, 4) is 0 Å². The summed E-state index contributed by atoms with van der Waals surface area (Å²) in [6.45, 7) is 5.35. The molecule has 1 aromatic carbocycles. The normalized spacial score (nSPS) is 24.0. The van der Waals surface area contributed by atoms with E-state index in [1.54, 1.807) is 7.11 Å². The van der Waals surface area contributed by atoms with Crippen molar-refractivity contribution in [3.63, 3.8) is 0 Å². The summed E-state index contributed by atoms with van der Waals surface area (Å²) in [4.78, 5) is 14.7. The van der Waals surface area contributed by atoms with Crippen LogP contribution < -0.4 is 5.32 Å². The van der Waals surface area contributed by atoms with E-state index in [2.05, 4.69) is 15.4 Å². The maximum Gasteiger partial charge on any atom is 0.222 e. The third kappa shape index (κ3) is 6.03. The van der Waals surface area contributed by atoms with E-state index in [0.717, 1.165) is 61.4 Å². The van der Waals surface area contributed by atoms with Crippen molar-refractivity contribution >= 4 is 28.5 Å². The topological polar surface area (TPSA) is 67.6 Å². The molecule has 0 spiro atoms. The Labute approximate surface area is 196 Å². The van der Waals surface area contributed by atoms with Crippen molar-refractivity contribution < 1.29 is 14.1 Å². The molecule has 176 valence electrons. The van der Waals surface area contributed by atoms with E-state index in [9.17, 15) is 4.79 Å². The molecule has 1 saturated heterocycles. The highest BCUT2D eigenvalue weighted by molar-refractivity contribution is 6.31. The Morgan fingerprint density at radius 3 is 2.72 bits per heavy atom. The maximum atomic E-state index is 12.1. The monoisotopic (exact) mass is 461 g/mol. The average molecular weight is 462 g/mol. The minimum absolute atomic E-state index is 0.0167. The summed E-state index contributed by atoms with van der Waals surface area (Å²) in [5.41, 5.74) is 1.88. The van der Waals surface area contributed by atoms with Gasteiger partial charge in [0.1, 0.15) is 0 Å². The number of hydrogen-bond donors (Lipinski definition) is 1. The number of nitrogens with one attached hydrogen (secondary N) is 1. The zero-order valence-electron chi connectivity index (χ0n) is 19.3. The minimum Gasteiger partial charge on any atom is -0.381 e. The molecule has 2 fully saturated rings. The molecule has 2 heterocycles. The van der Waals surface area contributed by atoms with Crippen LogP contribution in [-0.4, -0.2) is 54.9 Å². The number of hydrogen-bond acceptors (Lipinski definition) is 5. The molecule has 2 aromatic rings. The molecular weight excluding hydrogens is 426 g/mol. The lowest BCUT2D eigenvalue weighted by Gasteiger charge is -2.34. The Kier molecular flexibility index (Phi) is 8.08. The van der Waals surface area contributed by atoms with Crippen molar-refractivity contribution in [2.24, 2.45) is 5.92 Å². The smallest absolute Gasteiger partial charge is 0.222 e. The molecule has 1 aliphatic heterocycles. The molecule has 7 heteroatoms. The Bertz CT molecular complexity index is 886. The first-order valence-corrected chi connectivity index (χ1v) is 12.5. The minimum atomic E-state index is -0.0167. The van der Waals surface area contributed by atoms with E-state index in [0.29, 0.717) is 23.4 Å². The first-order valence-electron chi connectivity index (χ1n) is 12.1. The molecule has 1 saturated carbocycles. The van der Waals surface area contributed by atoms with E-state index in [1.807, 2.05) is 25.1 Å². The number of aromatic nitrogens is 1. The highest BCUT2D eigenvalue weighted by Crippen LogP contribution is 2.34. The standard InChI is InChI=1S/C25H36ClN3O3/c1-17(31-2)15-24(30)27-21-6-3-18(4-7-21)9-12-29-13-10-19(11-14-29)25-22-8-5-20(26)16-23(22)32-28-25/h5,8,16-19,21H,3-4,6-7,9-15H2,1-2H3,(H,27,30)/t17-,18?,21?/m0/s1. The number of halogens is 1. The number of piperidine rings is 1. The van der Waals surface area contributed by atoms with Crippen LogP contribution in [-0.2, 0) is 9.53 Å². The lowest BCUT2D eigenvalue weighted by Crippen LogP contribution is -2.39. The van der Waals surface area contributed by atoms with Crippen molar-refractivity contribution in [3.05, 3.63) is 28.9 Å². The molecule has 4 rings (SSSR count). The Morgan fingerprint density at radius 1 is 1.25 bits per heavy atom. The third-order valence-electron chi connectivity index (χ3n) is 7.38. The highest BCUT2D eigenvalue weighted by atomic mass is 35.5. The second-order valence-electron chi connectivity index (χ2n) is 9.65. The fourth-order valence-corrected chi connectivity index (χ4v) is 5.41. The van der Waals surface area contributed by atoms with Gasteiger partial charge >= 0.3 is 0 Å².